The van der Waals surface area contributed by atoms with E-state index in [0.717, 1.165) is 22.5 Å². The molecule has 0 fully saturated rings. The zero-order valence-corrected chi connectivity index (χ0v) is 15.3. The lowest BCUT2D eigenvalue weighted by Gasteiger charge is -2.15. The van der Waals surface area contributed by atoms with Crippen LogP contribution in [0.5, 0.6) is 0 Å². The van der Waals surface area contributed by atoms with Gasteiger partial charge >= 0.3 is 0 Å². The second-order valence-electron chi connectivity index (χ2n) is 6.19. The minimum absolute atomic E-state index is 0.0337. The molecule has 3 aromatic rings. The average molecular weight is 366 g/mol. The Bertz CT molecular complexity index is 963. The van der Waals surface area contributed by atoms with Gasteiger partial charge in [0.15, 0.2) is 5.58 Å². The summed E-state index contributed by atoms with van der Waals surface area (Å²) in [6.45, 7) is 0. The van der Waals surface area contributed by atoms with E-state index >= 15 is 0 Å². The van der Waals surface area contributed by atoms with Gasteiger partial charge in [0.25, 0.3) is 5.91 Å². The van der Waals surface area contributed by atoms with E-state index in [4.69, 9.17) is 4.42 Å². The van der Waals surface area contributed by atoms with Gasteiger partial charge in [-0.05, 0) is 24.6 Å². The normalized spacial score (nSPS) is 16.5. The number of benzene rings is 1. The van der Waals surface area contributed by atoms with Crippen LogP contribution < -0.4 is 10.2 Å². The molecule has 26 heavy (non-hydrogen) atoms. The van der Waals surface area contributed by atoms with E-state index < -0.39 is 0 Å². The van der Waals surface area contributed by atoms with Crippen molar-refractivity contribution >= 4 is 39.4 Å². The zero-order valence-electron chi connectivity index (χ0n) is 14.5. The number of amides is 1. The maximum atomic E-state index is 12.5. The lowest BCUT2D eigenvalue weighted by molar-refractivity contribution is 0.0950. The maximum absolute atomic E-state index is 12.5. The molecule has 1 atom stereocenters. The van der Waals surface area contributed by atoms with Gasteiger partial charge in [-0.25, -0.2) is 4.98 Å². The Labute approximate surface area is 155 Å². The van der Waals surface area contributed by atoms with Crippen LogP contribution in [0.15, 0.2) is 53.2 Å². The molecule has 1 amide bonds. The summed E-state index contributed by atoms with van der Waals surface area (Å²) in [4.78, 5) is 24.0. The van der Waals surface area contributed by atoms with Crippen LogP contribution in [0.2, 0.25) is 0 Å². The smallest absolute Gasteiger partial charge is 0.252 e. The minimum atomic E-state index is -0.0809. The highest BCUT2D eigenvalue weighted by Gasteiger charge is 2.24. The fourth-order valence-electron chi connectivity index (χ4n) is 2.73. The van der Waals surface area contributed by atoms with E-state index in [0.29, 0.717) is 17.0 Å². The number of hydrogen-bond donors (Lipinski definition) is 1. The van der Waals surface area contributed by atoms with E-state index in [-0.39, 0.29) is 11.3 Å². The van der Waals surface area contributed by atoms with Crippen LogP contribution in [-0.4, -0.2) is 35.3 Å². The minimum Gasteiger partial charge on any atom is -0.435 e. The average Bonchev–Trinajstić information content (AvgIpc) is 3.28. The molecule has 0 saturated carbocycles. The molecule has 0 aliphatic carbocycles. The van der Waals surface area contributed by atoms with Crippen LogP contribution in [0.4, 0.5) is 5.69 Å². The van der Waals surface area contributed by atoms with Crippen molar-refractivity contribution in [3.05, 3.63) is 60.3 Å². The van der Waals surface area contributed by atoms with E-state index in [1.54, 1.807) is 30.2 Å². The van der Waals surface area contributed by atoms with Crippen molar-refractivity contribution in [1.82, 2.24) is 15.3 Å². The Morgan fingerprint density at radius 2 is 2.23 bits per heavy atom. The maximum Gasteiger partial charge on any atom is 0.252 e. The van der Waals surface area contributed by atoms with Crippen molar-refractivity contribution < 1.29 is 9.21 Å². The summed E-state index contributed by atoms with van der Waals surface area (Å²) in [6.07, 6.45) is 6.14. The molecular formula is C19H18N4O2S. The molecule has 1 aliphatic heterocycles. The Kier molecular flexibility index (Phi) is 4.38. The summed E-state index contributed by atoms with van der Waals surface area (Å²) in [6, 6.07) is 9.37. The van der Waals surface area contributed by atoms with Gasteiger partial charge in [0.1, 0.15) is 5.52 Å². The predicted molar refractivity (Wildman–Crippen MR) is 104 cm³/mol. The topological polar surface area (TPSA) is 71.3 Å². The van der Waals surface area contributed by atoms with Crippen molar-refractivity contribution in [3.8, 4) is 0 Å². The fourth-order valence-corrected chi connectivity index (χ4v) is 3.78. The van der Waals surface area contributed by atoms with Crippen molar-refractivity contribution in [1.29, 1.82) is 0 Å². The number of nitrogens with one attached hydrogen (secondary N) is 1. The van der Waals surface area contributed by atoms with Gasteiger partial charge < -0.3 is 14.6 Å². The Hall–Kier alpha value is -2.80. The number of rotatable bonds is 4. The number of carbonyl (C=O) groups is 1. The van der Waals surface area contributed by atoms with Gasteiger partial charge in [-0.15, -0.1) is 0 Å². The molecule has 3 heterocycles. The van der Waals surface area contributed by atoms with Crippen LogP contribution in [0.1, 0.15) is 22.7 Å². The highest BCUT2D eigenvalue weighted by atomic mass is 32.2. The summed E-state index contributed by atoms with van der Waals surface area (Å²) in [5.74, 6) is 0.493. The van der Waals surface area contributed by atoms with Gasteiger partial charge in [-0.3, -0.25) is 9.78 Å². The number of hydrogen-bond acceptors (Lipinski definition) is 6. The number of pyridine rings is 1. The highest BCUT2D eigenvalue weighted by molar-refractivity contribution is 8.09. The third kappa shape index (κ3) is 3.30. The van der Waals surface area contributed by atoms with Crippen molar-refractivity contribution in [2.24, 2.45) is 0 Å². The number of fused-ring (bicyclic) bond motifs is 1. The van der Waals surface area contributed by atoms with E-state index in [2.05, 4.69) is 15.3 Å². The highest BCUT2D eigenvalue weighted by Crippen LogP contribution is 2.38. The van der Waals surface area contributed by atoms with Gasteiger partial charge in [-0.1, -0.05) is 23.9 Å². The molecule has 1 unspecified atom stereocenters. The first-order chi connectivity index (χ1) is 12.6. The molecule has 7 heteroatoms. The second-order valence-corrected chi connectivity index (χ2v) is 7.44. The first-order valence-corrected chi connectivity index (χ1v) is 9.14. The van der Waals surface area contributed by atoms with Crippen LogP contribution in [0.3, 0.4) is 0 Å². The summed E-state index contributed by atoms with van der Waals surface area (Å²) in [5, 5.41) is 3.03. The molecule has 4 rings (SSSR count). The quantitative estimate of drug-likeness (QED) is 0.762. The third-order valence-corrected chi connectivity index (χ3v) is 5.29. The fraction of sp³-hybridized carbons (Fsp3) is 0.211. The lowest BCUT2D eigenvalue weighted by atomic mass is 10.2. The van der Waals surface area contributed by atoms with Crippen molar-refractivity contribution in [2.45, 2.75) is 11.8 Å². The van der Waals surface area contributed by atoms with Crippen LogP contribution >= 0.6 is 11.8 Å². The lowest BCUT2D eigenvalue weighted by Crippen LogP contribution is -2.31. The summed E-state index contributed by atoms with van der Waals surface area (Å²) < 4.78 is 5.77. The summed E-state index contributed by atoms with van der Waals surface area (Å²) in [5.41, 5.74) is 3.09. The van der Waals surface area contributed by atoms with Crippen LogP contribution in [0, 0.1) is 0 Å². The molecule has 0 saturated heterocycles. The van der Waals surface area contributed by atoms with Crippen molar-refractivity contribution in [3.63, 3.8) is 0 Å². The number of oxazole rings is 1. The molecule has 1 aromatic carbocycles. The summed E-state index contributed by atoms with van der Waals surface area (Å²) >= 11 is 1.55. The predicted octanol–water partition coefficient (Wildman–Crippen LogP) is 3.52. The Balaban J connectivity index is 1.43. The number of carbonyl (C=O) groups excluding carboxylic acids is 1. The van der Waals surface area contributed by atoms with Gasteiger partial charge in [0.05, 0.1) is 16.5 Å². The third-order valence-electron chi connectivity index (χ3n) is 4.10. The summed E-state index contributed by atoms with van der Waals surface area (Å²) in [7, 11) is 3.91. The van der Waals surface area contributed by atoms with Crippen molar-refractivity contribution in [2.75, 3.05) is 19.0 Å². The Morgan fingerprint density at radius 1 is 1.35 bits per heavy atom. The SMILES string of the molecule is CN(C)c1cccc(C(=O)NC2CC=C(c3nc4cnccc4o3)S2)c1. The largest absolute Gasteiger partial charge is 0.435 e. The van der Waals surface area contributed by atoms with Gasteiger partial charge in [0.2, 0.25) is 5.89 Å². The van der Waals surface area contributed by atoms with Gasteiger partial charge in [0, 0.05) is 37.6 Å². The molecule has 1 N–H and O–H groups in total. The van der Waals surface area contributed by atoms with E-state index in [1.807, 2.05) is 49.3 Å². The second kappa shape index (κ2) is 6.84. The molecule has 132 valence electrons. The first kappa shape index (κ1) is 16.7. The zero-order chi connectivity index (χ0) is 18.1. The molecule has 0 radical (unpaired) electrons. The number of anilines is 1. The molecule has 0 bridgehead atoms. The van der Waals surface area contributed by atoms with Crippen LogP contribution in [0.25, 0.3) is 16.0 Å². The molecule has 0 spiro atoms. The Morgan fingerprint density at radius 3 is 3.04 bits per heavy atom. The standard InChI is InChI=1S/C19H18N4O2S/c1-23(2)13-5-3-4-12(10-13)18(24)22-17-7-6-16(26-17)19-21-14-11-20-9-8-15(14)25-19/h3-6,8-11,17H,7H2,1-2H3,(H,22,24). The first-order valence-electron chi connectivity index (χ1n) is 8.26. The number of thioether (sulfide) groups is 1. The number of aromatic nitrogens is 2. The van der Waals surface area contributed by atoms with Gasteiger partial charge in [-0.2, -0.15) is 0 Å². The van der Waals surface area contributed by atoms with Crippen LogP contribution in [-0.2, 0) is 0 Å². The number of nitrogens with zero attached hydrogens (tertiary/aromatic N) is 3. The molecule has 6 nitrogen and oxygen atoms in total. The molecule has 2 aromatic heterocycles. The molecule has 1 aliphatic rings. The van der Waals surface area contributed by atoms with E-state index in [1.165, 1.54) is 0 Å². The molecular weight excluding hydrogens is 348 g/mol. The van der Waals surface area contributed by atoms with E-state index in [9.17, 15) is 4.79 Å². The monoisotopic (exact) mass is 366 g/mol.